The lowest BCUT2D eigenvalue weighted by atomic mass is 9.77. The molecule has 1 aliphatic heterocycles. The number of furan rings is 1. The molecule has 0 N–H and O–H groups in total. The number of likely N-dealkylation sites (tertiary alicyclic amines) is 1. The van der Waals surface area contributed by atoms with Crippen LogP contribution in [0.2, 0.25) is 0 Å². The molecule has 1 spiro atoms. The Bertz CT molecular complexity index is 898. The van der Waals surface area contributed by atoms with Crippen LogP contribution in [0.4, 0.5) is 0 Å². The number of rotatable bonds is 4. The van der Waals surface area contributed by atoms with Crippen molar-refractivity contribution < 1.29 is 4.42 Å². The van der Waals surface area contributed by atoms with Crippen LogP contribution in [0, 0.1) is 5.41 Å². The van der Waals surface area contributed by atoms with Gasteiger partial charge in [-0.15, -0.1) is 0 Å². The van der Waals surface area contributed by atoms with E-state index in [4.69, 9.17) is 4.42 Å². The third-order valence-corrected chi connectivity index (χ3v) is 6.86. The zero-order chi connectivity index (χ0) is 18.8. The third-order valence-electron chi connectivity index (χ3n) is 6.86. The fourth-order valence-corrected chi connectivity index (χ4v) is 5.07. The number of aromatic nitrogens is 1. The summed E-state index contributed by atoms with van der Waals surface area (Å²) in [4.78, 5) is 7.25. The number of piperidine rings is 1. The quantitative estimate of drug-likeness (QED) is 0.549. The molecule has 0 amide bonds. The standard InChI is InChI=1S/C25H28N2O/c1-2-10-25(9-1)11-14-27(15-12-25)18-24-17-22(7-13-26-24)20-3-5-21(6-4-20)23-8-16-28-19-23/h3-8,13,16-17,19H,1-2,9-12,14-15,18H2. The molecule has 2 fully saturated rings. The van der Waals surface area contributed by atoms with Gasteiger partial charge in [-0.2, -0.15) is 0 Å². The molecule has 2 aliphatic rings. The van der Waals surface area contributed by atoms with Crippen molar-refractivity contribution in [3.8, 4) is 22.3 Å². The van der Waals surface area contributed by atoms with Gasteiger partial charge in [0.1, 0.15) is 0 Å². The van der Waals surface area contributed by atoms with Crippen LogP contribution in [0.3, 0.4) is 0 Å². The van der Waals surface area contributed by atoms with E-state index in [1.54, 1.807) is 12.5 Å². The van der Waals surface area contributed by atoms with E-state index in [9.17, 15) is 0 Å². The molecular weight excluding hydrogens is 344 g/mol. The Kier molecular flexibility index (Phi) is 4.77. The van der Waals surface area contributed by atoms with Crippen molar-refractivity contribution in [1.82, 2.24) is 9.88 Å². The van der Waals surface area contributed by atoms with Crippen LogP contribution in [0.5, 0.6) is 0 Å². The summed E-state index contributed by atoms with van der Waals surface area (Å²) in [6, 6.07) is 15.1. The minimum Gasteiger partial charge on any atom is -0.472 e. The smallest absolute Gasteiger partial charge is 0.0980 e. The number of nitrogens with zero attached hydrogens (tertiary/aromatic N) is 2. The molecule has 2 aromatic heterocycles. The van der Waals surface area contributed by atoms with Crippen LogP contribution in [0.25, 0.3) is 22.3 Å². The van der Waals surface area contributed by atoms with Crippen molar-refractivity contribution in [2.24, 2.45) is 5.41 Å². The normalized spacial score (nSPS) is 19.3. The summed E-state index contributed by atoms with van der Waals surface area (Å²) in [5.74, 6) is 0. The SMILES string of the molecule is c1cc(-c2ccc(-c3ccoc3)cc2)cc(CN2CCC3(CCCC3)CC2)n1. The maximum Gasteiger partial charge on any atom is 0.0980 e. The summed E-state index contributed by atoms with van der Waals surface area (Å²) in [6.45, 7) is 3.42. The summed E-state index contributed by atoms with van der Waals surface area (Å²) >= 11 is 0. The summed E-state index contributed by atoms with van der Waals surface area (Å²) in [6.07, 6.45) is 14.0. The molecule has 1 saturated carbocycles. The van der Waals surface area contributed by atoms with Gasteiger partial charge in [0.2, 0.25) is 0 Å². The first-order chi connectivity index (χ1) is 13.8. The molecular formula is C25H28N2O. The van der Waals surface area contributed by atoms with Crippen LogP contribution < -0.4 is 0 Å². The number of benzene rings is 1. The highest BCUT2D eigenvalue weighted by Crippen LogP contribution is 2.46. The van der Waals surface area contributed by atoms with Crippen molar-refractivity contribution >= 4 is 0 Å². The van der Waals surface area contributed by atoms with Gasteiger partial charge in [-0.1, -0.05) is 37.1 Å². The van der Waals surface area contributed by atoms with Crippen molar-refractivity contribution in [3.05, 3.63) is 66.9 Å². The summed E-state index contributed by atoms with van der Waals surface area (Å²) in [5, 5.41) is 0. The topological polar surface area (TPSA) is 29.3 Å². The van der Waals surface area contributed by atoms with E-state index in [0.29, 0.717) is 5.41 Å². The van der Waals surface area contributed by atoms with Gasteiger partial charge in [0.15, 0.2) is 0 Å². The Labute approximate surface area is 167 Å². The van der Waals surface area contributed by atoms with E-state index in [0.717, 1.165) is 12.1 Å². The van der Waals surface area contributed by atoms with E-state index in [1.807, 2.05) is 12.3 Å². The third kappa shape index (κ3) is 3.64. The highest BCUT2D eigenvalue weighted by Gasteiger charge is 2.36. The van der Waals surface area contributed by atoms with E-state index >= 15 is 0 Å². The predicted molar refractivity (Wildman–Crippen MR) is 113 cm³/mol. The average molecular weight is 373 g/mol. The first-order valence-corrected chi connectivity index (χ1v) is 10.6. The van der Waals surface area contributed by atoms with Crippen molar-refractivity contribution in [1.29, 1.82) is 0 Å². The van der Waals surface area contributed by atoms with Gasteiger partial charge < -0.3 is 4.42 Å². The average Bonchev–Trinajstić information content (AvgIpc) is 3.43. The highest BCUT2D eigenvalue weighted by molar-refractivity contribution is 5.69. The van der Waals surface area contributed by atoms with Crippen LogP contribution in [-0.4, -0.2) is 23.0 Å². The maximum absolute atomic E-state index is 5.19. The second-order valence-corrected chi connectivity index (χ2v) is 8.61. The van der Waals surface area contributed by atoms with E-state index in [1.165, 1.54) is 74.0 Å². The Balaban J connectivity index is 1.26. The number of hydrogen-bond acceptors (Lipinski definition) is 3. The van der Waals surface area contributed by atoms with Gasteiger partial charge in [-0.05, 0) is 79.1 Å². The second kappa shape index (κ2) is 7.56. The van der Waals surface area contributed by atoms with E-state index in [-0.39, 0.29) is 0 Å². The molecule has 3 nitrogen and oxygen atoms in total. The summed E-state index contributed by atoms with van der Waals surface area (Å²) in [5.41, 5.74) is 6.64. The van der Waals surface area contributed by atoms with Gasteiger partial charge in [0.25, 0.3) is 0 Å². The minimum atomic E-state index is 0.683. The Morgan fingerprint density at radius 2 is 1.54 bits per heavy atom. The fraction of sp³-hybridized carbons (Fsp3) is 0.400. The molecule has 3 aromatic rings. The van der Waals surface area contributed by atoms with Crippen molar-refractivity contribution in [3.63, 3.8) is 0 Å². The maximum atomic E-state index is 5.19. The fourth-order valence-electron chi connectivity index (χ4n) is 5.07. The molecule has 0 radical (unpaired) electrons. The molecule has 0 unspecified atom stereocenters. The zero-order valence-corrected chi connectivity index (χ0v) is 16.4. The van der Waals surface area contributed by atoms with Gasteiger partial charge in [-0.3, -0.25) is 9.88 Å². The van der Waals surface area contributed by atoms with Gasteiger partial charge in [-0.25, -0.2) is 0 Å². The molecule has 1 saturated heterocycles. The van der Waals surface area contributed by atoms with Crippen LogP contribution in [-0.2, 0) is 6.54 Å². The van der Waals surface area contributed by atoms with Crippen LogP contribution in [0.1, 0.15) is 44.2 Å². The minimum absolute atomic E-state index is 0.683. The van der Waals surface area contributed by atoms with E-state index < -0.39 is 0 Å². The first-order valence-electron chi connectivity index (χ1n) is 10.6. The highest BCUT2D eigenvalue weighted by atomic mass is 16.3. The van der Waals surface area contributed by atoms with Gasteiger partial charge in [0.05, 0.1) is 18.2 Å². The largest absolute Gasteiger partial charge is 0.472 e. The van der Waals surface area contributed by atoms with Gasteiger partial charge >= 0.3 is 0 Å². The van der Waals surface area contributed by atoms with Crippen LogP contribution >= 0.6 is 0 Å². The monoisotopic (exact) mass is 372 g/mol. The molecule has 3 heterocycles. The predicted octanol–water partition coefficient (Wildman–Crippen LogP) is 6.16. The second-order valence-electron chi connectivity index (χ2n) is 8.61. The van der Waals surface area contributed by atoms with E-state index in [2.05, 4.69) is 46.3 Å². The number of pyridine rings is 1. The molecule has 1 aromatic carbocycles. The number of hydrogen-bond donors (Lipinski definition) is 0. The lowest BCUT2D eigenvalue weighted by molar-refractivity contribution is 0.103. The first kappa shape index (κ1) is 17.7. The lowest BCUT2D eigenvalue weighted by Gasteiger charge is -2.39. The zero-order valence-electron chi connectivity index (χ0n) is 16.4. The molecule has 0 atom stereocenters. The Hall–Kier alpha value is -2.39. The van der Waals surface area contributed by atoms with Gasteiger partial charge in [0, 0.05) is 18.3 Å². The molecule has 0 bridgehead atoms. The summed E-state index contributed by atoms with van der Waals surface area (Å²) < 4.78 is 5.19. The van der Waals surface area contributed by atoms with Crippen LogP contribution in [0.15, 0.2) is 65.6 Å². The molecule has 3 heteroatoms. The molecule has 144 valence electrons. The summed E-state index contributed by atoms with van der Waals surface area (Å²) in [7, 11) is 0. The molecule has 28 heavy (non-hydrogen) atoms. The van der Waals surface area contributed by atoms with Crippen molar-refractivity contribution in [2.75, 3.05) is 13.1 Å². The Morgan fingerprint density at radius 3 is 2.21 bits per heavy atom. The lowest BCUT2D eigenvalue weighted by Crippen LogP contribution is -2.38. The Morgan fingerprint density at radius 1 is 0.821 bits per heavy atom. The van der Waals surface area contributed by atoms with Crippen molar-refractivity contribution in [2.45, 2.75) is 45.1 Å². The molecule has 5 rings (SSSR count). The molecule has 1 aliphatic carbocycles.